The van der Waals surface area contributed by atoms with Crippen LogP contribution in [-0.2, 0) is 28.9 Å². The molecule has 188 valence electrons. The van der Waals surface area contributed by atoms with Crippen molar-refractivity contribution < 1.29 is 9.59 Å². The molecular formula is C32H33N3O2. The monoisotopic (exact) mass is 491 g/mol. The molecule has 37 heavy (non-hydrogen) atoms. The van der Waals surface area contributed by atoms with Crippen molar-refractivity contribution in [3.05, 3.63) is 107 Å². The lowest BCUT2D eigenvalue weighted by Gasteiger charge is -2.48. The van der Waals surface area contributed by atoms with Crippen molar-refractivity contribution in [2.45, 2.75) is 57.2 Å². The van der Waals surface area contributed by atoms with Crippen LogP contribution in [0.4, 0.5) is 0 Å². The Labute approximate surface area is 218 Å². The van der Waals surface area contributed by atoms with Gasteiger partial charge in [0.1, 0.15) is 12.6 Å². The van der Waals surface area contributed by atoms with E-state index in [4.69, 9.17) is 0 Å². The highest BCUT2D eigenvalue weighted by Gasteiger charge is 2.48. The molecule has 0 aliphatic carbocycles. The van der Waals surface area contributed by atoms with Gasteiger partial charge in [-0.3, -0.25) is 9.59 Å². The van der Waals surface area contributed by atoms with Crippen molar-refractivity contribution in [3.63, 3.8) is 0 Å². The summed E-state index contributed by atoms with van der Waals surface area (Å²) in [6.07, 6.45) is 3.92. The molecule has 3 unspecified atom stereocenters. The average molecular weight is 492 g/mol. The first-order valence-electron chi connectivity index (χ1n) is 13.4. The second kappa shape index (κ2) is 9.89. The van der Waals surface area contributed by atoms with Gasteiger partial charge in [0.25, 0.3) is 0 Å². The number of nitrogens with zero attached hydrogens (tertiary/aromatic N) is 2. The van der Waals surface area contributed by atoms with E-state index in [-0.39, 0.29) is 30.4 Å². The molecule has 2 aliphatic rings. The van der Waals surface area contributed by atoms with Gasteiger partial charge >= 0.3 is 0 Å². The number of aryl methyl sites for hydroxylation is 2. The maximum atomic E-state index is 14.0. The lowest BCUT2D eigenvalue weighted by Crippen LogP contribution is -2.64. The highest BCUT2D eigenvalue weighted by atomic mass is 16.2. The van der Waals surface area contributed by atoms with E-state index in [1.165, 1.54) is 16.7 Å². The normalized spacial score (nSPS) is 20.1. The molecule has 0 spiro atoms. The third-order valence-corrected chi connectivity index (χ3v) is 8.19. The van der Waals surface area contributed by atoms with Gasteiger partial charge in [-0.2, -0.15) is 0 Å². The number of hydrogen-bond acceptors (Lipinski definition) is 2. The highest BCUT2D eigenvalue weighted by Crippen LogP contribution is 2.41. The number of piperazine rings is 1. The van der Waals surface area contributed by atoms with Gasteiger partial charge in [0, 0.05) is 29.1 Å². The Kier molecular flexibility index (Phi) is 6.29. The number of aromatic amines is 1. The smallest absolute Gasteiger partial charge is 0.246 e. The first-order chi connectivity index (χ1) is 18.1. The topological polar surface area (TPSA) is 56.4 Å². The largest absolute Gasteiger partial charge is 0.356 e. The molecule has 2 amide bonds. The number of H-pyrrole nitrogens is 1. The molecule has 0 saturated carbocycles. The molecule has 4 aromatic rings. The number of amides is 2. The third-order valence-electron chi connectivity index (χ3n) is 8.19. The first kappa shape index (κ1) is 23.5. The van der Waals surface area contributed by atoms with Crippen LogP contribution < -0.4 is 0 Å². The first-order valence-corrected chi connectivity index (χ1v) is 13.4. The van der Waals surface area contributed by atoms with E-state index >= 15 is 0 Å². The minimum atomic E-state index is -0.451. The number of nitrogens with one attached hydrogen (secondary N) is 1. The summed E-state index contributed by atoms with van der Waals surface area (Å²) >= 11 is 0. The van der Waals surface area contributed by atoms with Crippen molar-refractivity contribution >= 4 is 22.7 Å². The van der Waals surface area contributed by atoms with E-state index in [0.717, 1.165) is 42.3 Å². The zero-order chi connectivity index (χ0) is 25.4. The highest BCUT2D eigenvalue weighted by molar-refractivity contribution is 5.97. The summed E-state index contributed by atoms with van der Waals surface area (Å²) in [4.78, 5) is 35.1. The molecule has 1 N–H and O–H groups in total. The van der Waals surface area contributed by atoms with Crippen molar-refractivity contribution in [3.8, 4) is 0 Å². The predicted octanol–water partition coefficient (Wildman–Crippen LogP) is 5.46. The Bertz CT molecular complexity index is 1410. The molecular weight excluding hydrogens is 458 g/mol. The fourth-order valence-corrected chi connectivity index (χ4v) is 6.20. The van der Waals surface area contributed by atoms with Crippen molar-refractivity contribution in [1.82, 2.24) is 14.8 Å². The van der Waals surface area contributed by atoms with E-state index < -0.39 is 6.04 Å². The van der Waals surface area contributed by atoms with Crippen molar-refractivity contribution in [2.24, 2.45) is 0 Å². The minimum Gasteiger partial charge on any atom is -0.356 e. The summed E-state index contributed by atoms with van der Waals surface area (Å²) in [5, 5.41) is 1.16. The summed E-state index contributed by atoms with van der Waals surface area (Å²) in [6, 6.07) is 28.5. The molecule has 1 fully saturated rings. The van der Waals surface area contributed by atoms with Crippen LogP contribution in [-0.4, -0.2) is 45.2 Å². The Morgan fingerprint density at radius 1 is 0.865 bits per heavy atom. The van der Waals surface area contributed by atoms with E-state index in [9.17, 15) is 9.59 Å². The van der Waals surface area contributed by atoms with Crippen LogP contribution in [0.25, 0.3) is 10.9 Å². The fourth-order valence-electron chi connectivity index (χ4n) is 6.20. The van der Waals surface area contributed by atoms with E-state index in [1.807, 2.05) is 46.2 Å². The molecule has 6 rings (SSSR count). The van der Waals surface area contributed by atoms with Crippen LogP contribution in [0.15, 0.2) is 84.9 Å². The lowest BCUT2D eigenvalue weighted by molar-refractivity contribution is -0.162. The summed E-state index contributed by atoms with van der Waals surface area (Å²) < 4.78 is 0. The van der Waals surface area contributed by atoms with E-state index in [1.54, 1.807) is 0 Å². The van der Waals surface area contributed by atoms with E-state index in [2.05, 4.69) is 60.4 Å². The predicted molar refractivity (Wildman–Crippen MR) is 146 cm³/mol. The quantitative estimate of drug-likeness (QED) is 0.373. The van der Waals surface area contributed by atoms with Crippen LogP contribution in [0.3, 0.4) is 0 Å². The Morgan fingerprint density at radius 3 is 2.24 bits per heavy atom. The molecule has 0 bridgehead atoms. The number of aromatic nitrogens is 1. The number of fused-ring (bicyclic) bond motifs is 4. The van der Waals surface area contributed by atoms with Crippen molar-refractivity contribution in [2.75, 3.05) is 6.54 Å². The number of para-hydroxylation sites is 1. The molecule has 5 heteroatoms. The summed E-state index contributed by atoms with van der Waals surface area (Å²) in [7, 11) is 0. The molecule has 2 aliphatic heterocycles. The summed E-state index contributed by atoms with van der Waals surface area (Å²) in [6.45, 7) is 2.24. The van der Waals surface area contributed by atoms with Gasteiger partial charge in [0.2, 0.25) is 11.8 Å². The van der Waals surface area contributed by atoms with Crippen LogP contribution in [0.2, 0.25) is 0 Å². The minimum absolute atomic E-state index is 0.00550. The van der Waals surface area contributed by atoms with Crippen LogP contribution in [0.1, 0.15) is 48.2 Å². The van der Waals surface area contributed by atoms with Gasteiger partial charge in [-0.1, -0.05) is 78.9 Å². The van der Waals surface area contributed by atoms with Crippen LogP contribution in [0.5, 0.6) is 0 Å². The molecule has 3 aromatic carbocycles. The second-order valence-electron chi connectivity index (χ2n) is 10.5. The van der Waals surface area contributed by atoms with E-state index in [0.29, 0.717) is 6.42 Å². The zero-order valence-corrected chi connectivity index (χ0v) is 21.3. The van der Waals surface area contributed by atoms with Gasteiger partial charge in [0.05, 0.1) is 6.04 Å². The molecule has 3 heterocycles. The average Bonchev–Trinajstić information content (AvgIpc) is 3.31. The molecule has 1 saturated heterocycles. The lowest BCUT2D eigenvalue weighted by atomic mass is 9.86. The molecule has 3 atom stereocenters. The SMILES string of the molecule is CC(CCc1ccccc1)N1CC(=O)N2C(Cc3c([nH]c4ccccc34)C2CCc2ccccc2)C1=O. The number of carbonyl (C=O) groups is 2. The summed E-state index contributed by atoms with van der Waals surface area (Å²) in [5.74, 6) is 0.138. The maximum absolute atomic E-state index is 14.0. The zero-order valence-electron chi connectivity index (χ0n) is 21.3. The van der Waals surface area contributed by atoms with Gasteiger partial charge in [-0.15, -0.1) is 0 Å². The number of hydrogen-bond donors (Lipinski definition) is 1. The van der Waals surface area contributed by atoms with Gasteiger partial charge < -0.3 is 14.8 Å². The second-order valence-corrected chi connectivity index (χ2v) is 10.5. The fraction of sp³-hybridized carbons (Fsp3) is 0.312. The van der Waals surface area contributed by atoms with Gasteiger partial charge in [-0.25, -0.2) is 0 Å². The number of benzene rings is 3. The molecule has 0 radical (unpaired) electrons. The van der Waals surface area contributed by atoms with Crippen LogP contribution >= 0.6 is 0 Å². The van der Waals surface area contributed by atoms with Gasteiger partial charge in [0.15, 0.2) is 0 Å². The molecule has 1 aromatic heterocycles. The number of rotatable bonds is 7. The molecule has 5 nitrogen and oxygen atoms in total. The van der Waals surface area contributed by atoms with Gasteiger partial charge in [-0.05, 0) is 55.4 Å². The maximum Gasteiger partial charge on any atom is 0.246 e. The third kappa shape index (κ3) is 4.43. The van der Waals surface area contributed by atoms with Crippen molar-refractivity contribution in [1.29, 1.82) is 0 Å². The van der Waals surface area contributed by atoms with Crippen LogP contribution in [0, 0.1) is 0 Å². The Balaban J connectivity index is 1.30. The Hall–Kier alpha value is -3.86. The summed E-state index contributed by atoms with van der Waals surface area (Å²) in [5.41, 5.74) is 5.86. The number of carbonyl (C=O) groups excluding carboxylic acids is 2. The standard InChI is InChI=1S/C32H33N3O2/c1-22(16-17-23-10-4-2-5-11-23)34-21-30(36)35-28(19-18-24-12-6-3-7-13-24)31-26(20-29(35)32(34)37)25-14-8-9-15-27(25)33-31/h2-15,22,28-29,33H,16-21H2,1H3. The Morgan fingerprint density at radius 2 is 1.51 bits per heavy atom.